The Labute approximate surface area is 181 Å². The lowest BCUT2D eigenvalue weighted by atomic mass is 10.1. The van der Waals surface area contributed by atoms with Crippen LogP contribution in [0.3, 0.4) is 0 Å². The van der Waals surface area contributed by atoms with Gasteiger partial charge in [-0.05, 0) is 55.8 Å². The lowest BCUT2D eigenvalue weighted by Gasteiger charge is -2.33. The molecule has 2 aliphatic rings. The molecular formula is C25H37N3O2. The quantitative estimate of drug-likeness (QED) is 0.642. The molecule has 0 amide bonds. The van der Waals surface area contributed by atoms with Gasteiger partial charge in [0.05, 0.1) is 12.3 Å². The summed E-state index contributed by atoms with van der Waals surface area (Å²) in [6.07, 6.45) is 6.84. The van der Waals surface area contributed by atoms with Crippen LogP contribution in [0.4, 0.5) is 0 Å². The van der Waals surface area contributed by atoms with E-state index < -0.39 is 0 Å². The van der Waals surface area contributed by atoms with Crippen LogP contribution in [0.15, 0.2) is 47.1 Å². The van der Waals surface area contributed by atoms with E-state index in [1.165, 1.54) is 44.3 Å². The molecule has 0 aliphatic carbocycles. The van der Waals surface area contributed by atoms with Gasteiger partial charge in [0.25, 0.3) is 0 Å². The van der Waals surface area contributed by atoms with E-state index in [1.54, 1.807) is 6.26 Å². The molecule has 2 aliphatic heterocycles. The smallest absolute Gasteiger partial charge is 0.120 e. The van der Waals surface area contributed by atoms with Crippen molar-refractivity contribution in [3.8, 4) is 5.75 Å². The van der Waals surface area contributed by atoms with Crippen molar-refractivity contribution >= 4 is 0 Å². The lowest BCUT2D eigenvalue weighted by molar-refractivity contribution is 0.121. The third kappa shape index (κ3) is 5.87. The molecule has 1 aromatic heterocycles. The van der Waals surface area contributed by atoms with Gasteiger partial charge in [-0.2, -0.15) is 0 Å². The number of piperazine rings is 1. The summed E-state index contributed by atoms with van der Waals surface area (Å²) >= 11 is 0. The third-order valence-corrected chi connectivity index (χ3v) is 6.63. The zero-order valence-corrected chi connectivity index (χ0v) is 18.5. The Balaban J connectivity index is 1.26. The molecule has 0 radical (unpaired) electrons. The van der Waals surface area contributed by atoms with Crippen LogP contribution in [-0.4, -0.2) is 67.1 Å². The Bertz CT molecular complexity index is 723. The van der Waals surface area contributed by atoms with Gasteiger partial charge in [0.2, 0.25) is 0 Å². The van der Waals surface area contributed by atoms with Crippen LogP contribution in [0.25, 0.3) is 0 Å². The molecule has 2 aromatic rings. The molecule has 4 rings (SSSR count). The number of likely N-dealkylation sites (tertiary alicyclic amines) is 1. The summed E-state index contributed by atoms with van der Waals surface area (Å²) in [4.78, 5) is 7.60. The molecule has 2 fully saturated rings. The molecule has 3 heterocycles. The van der Waals surface area contributed by atoms with Crippen LogP contribution in [-0.2, 0) is 6.54 Å². The molecule has 1 aromatic carbocycles. The first-order valence-corrected chi connectivity index (χ1v) is 11.8. The van der Waals surface area contributed by atoms with E-state index in [0.717, 1.165) is 57.4 Å². The average molecular weight is 412 g/mol. The minimum Gasteiger partial charge on any atom is -0.492 e. The zero-order chi connectivity index (χ0) is 20.6. The minimum absolute atomic E-state index is 0.395. The molecule has 30 heavy (non-hydrogen) atoms. The Morgan fingerprint density at radius 1 is 0.933 bits per heavy atom. The van der Waals surface area contributed by atoms with Crippen LogP contribution in [0.1, 0.15) is 50.0 Å². The van der Waals surface area contributed by atoms with Crippen molar-refractivity contribution in [3.05, 3.63) is 54.0 Å². The second-order valence-corrected chi connectivity index (χ2v) is 8.62. The van der Waals surface area contributed by atoms with Gasteiger partial charge < -0.3 is 14.1 Å². The molecule has 2 saturated heterocycles. The standard InChI is InChI=1S/C25H37N3O2/c1-2-26-14-16-27(17-15-26)18-20-29-23-11-9-22(10-12-23)21-28-13-5-3-4-7-24(28)25-8-6-19-30-25/h6,8-12,19,24H,2-5,7,13-18,20-21H2,1H3. The molecule has 1 unspecified atom stereocenters. The SMILES string of the molecule is CCN1CCN(CCOc2ccc(CN3CCCCCC3c3ccco3)cc2)CC1. The Kier molecular flexibility index (Phi) is 7.84. The predicted molar refractivity (Wildman–Crippen MR) is 121 cm³/mol. The molecule has 0 N–H and O–H groups in total. The normalized spacial score (nSPS) is 22.1. The summed E-state index contributed by atoms with van der Waals surface area (Å²) in [7, 11) is 0. The third-order valence-electron chi connectivity index (χ3n) is 6.63. The van der Waals surface area contributed by atoms with Crippen LogP contribution in [0.2, 0.25) is 0 Å². The number of likely N-dealkylation sites (N-methyl/N-ethyl adjacent to an activating group) is 1. The van der Waals surface area contributed by atoms with Crippen LogP contribution in [0.5, 0.6) is 5.75 Å². The summed E-state index contributed by atoms with van der Waals surface area (Å²) in [6.45, 7) is 12.0. The Hall–Kier alpha value is -1.82. The van der Waals surface area contributed by atoms with E-state index in [-0.39, 0.29) is 0 Å². The highest BCUT2D eigenvalue weighted by Gasteiger charge is 2.24. The maximum Gasteiger partial charge on any atom is 0.120 e. The fourth-order valence-corrected chi connectivity index (χ4v) is 4.71. The van der Waals surface area contributed by atoms with E-state index in [4.69, 9.17) is 9.15 Å². The largest absolute Gasteiger partial charge is 0.492 e. The number of hydrogen-bond donors (Lipinski definition) is 0. The first-order valence-electron chi connectivity index (χ1n) is 11.8. The maximum atomic E-state index is 6.02. The van der Waals surface area contributed by atoms with E-state index in [9.17, 15) is 0 Å². The van der Waals surface area contributed by atoms with Gasteiger partial charge in [-0.1, -0.05) is 31.9 Å². The molecule has 5 heteroatoms. The molecule has 5 nitrogen and oxygen atoms in total. The highest BCUT2D eigenvalue weighted by molar-refractivity contribution is 5.27. The number of benzene rings is 1. The van der Waals surface area contributed by atoms with Crippen molar-refractivity contribution in [1.29, 1.82) is 0 Å². The number of ether oxygens (including phenoxy) is 1. The average Bonchev–Trinajstić information content (AvgIpc) is 3.22. The van der Waals surface area contributed by atoms with E-state index in [2.05, 4.69) is 52.0 Å². The number of nitrogens with zero attached hydrogens (tertiary/aromatic N) is 3. The van der Waals surface area contributed by atoms with Gasteiger partial charge in [0.15, 0.2) is 0 Å². The summed E-state index contributed by atoms with van der Waals surface area (Å²) in [6, 6.07) is 13.2. The summed E-state index contributed by atoms with van der Waals surface area (Å²) in [5.74, 6) is 2.08. The highest BCUT2D eigenvalue weighted by atomic mass is 16.5. The zero-order valence-electron chi connectivity index (χ0n) is 18.5. The molecular weight excluding hydrogens is 374 g/mol. The van der Waals surface area contributed by atoms with Crippen molar-refractivity contribution in [1.82, 2.24) is 14.7 Å². The molecule has 1 atom stereocenters. The molecule has 0 bridgehead atoms. The second kappa shape index (κ2) is 11.0. The van der Waals surface area contributed by atoms with E-state index in [0.29, 0.717) is 6.04 Å². The Morgan fingerprint density at radius 3 is 2.47 bits per heavy atom. The lowest BCUT2D eigenvalue weighted by Crippen LogP contribution is -2.47. The van der Waals surface area contributed by atoms with Crippen LogP contribution < -0.4 is 4.74 Å². The number of hydrogen-bond acceptors (Lipinski definition) is 5. The predicted octanol–water partition coefficient (Wildman–Crippen LogP) is 4.41. The van der Waals surface area contributed by atoms with Gasteiger partial charge >= 0.3 is 0 Å². The first-order chi connectivity index (χ1) is 14.8. The molecule has 0 saturated carbocycles. The summed E-state index contributed by atoms with van der Waals surface area (Å²) in [5.41, 5.74) is 1.34. The van der Waals surface area contributed by atoms with Crippen molar-refractivity contribution in [2.45, 2.75) is 45.2 Å². The van der Waals surface area contributed by atoms with Gasteiger partial charge in [0.1, 0.15) is 18.1 Å². The fraction of sp³-hybridized carbons (Fsp3) is 0.600. The van der Waals surface area contributed by atoms with E-state index >= 15 is 0 Å². The van der Waals surface area contributed by atoms with Gasteiger partial charge in [-0.3, -0.25) is 9.80 Å². The van der Waals surface area contributed by atoms with Crippen LogP contribution in [0, 0.1) is 0 Å². The number of rotatable bonds is 8. The van der Waals surface area contributed by atoms with Crippen molar-refractivity contribution in [2.75, 3.05) is 52.4 Å². The summed E-state index contributed by atoms with van der Waals surface area (Å²) in [5, 5.41) is 0. The summed E-state index contributed by atoms with van der Waals surface area (Å²) < 4.78 is 11.8. The topological polar surface area (TPSA) is 32.1 Å². The van der Waals surface area contributed by atoms with Crippen molar-refractivity contribution < 1.29 is 9.15 Å². The second-order valence-electron chi connectivity index (χ2n) is 8.62. The number of furan rings is 1. The monoisotopic (exact) mass is 411 g/mol. The van der Waals surface area contributed by atoms with Crippen molar-refractivity contribution in [3.63, 3.8) is 0 Å². The van der Waals surface area contributed by atoms with Gasteiger partial charge in [-0.15, -0.1) is 0 Å². The maximum absolute atomic E-state index is 6.02. The van der Waals surface area contributed by atoms with Crippen LogP contribution >= 0.6 is 0 Å². The van der Waals surface area contributed by atoms with E-state index in [1.807, 2.05) is 6.07 Å². The van der Waals surface area contributed by atoms with Gasteiger partial charge in [-0.25, -0.2) is 0 Å². The van der Waals surface area contributed by atoms with Gasteiger partial charge in [0, 0.05) is 39.3 Å². The highest BCUT2D eigenvalue weighted by Crippen LogP contribution is 2.31. The minimum atomic E-state index is 0.395. The Morgan fingerprint density at radius 2 is 1.73 bits per heavy atom. The fourth-order valence-electron chi connectivity index (χ4n) is 4.71. The molecule has 0 spiro atoms. The van der Waals surface area contributed by atoms with Crippen molar-refractivity contribution in [2.24, 2.45) is 0 Å². The molecule has 164 valence electrons. The first kappa shape index (κ1) is 21.4.